The number of methoxy groups -OCH3 is 4. The molecule has 0 bridgehead atoms. The second-order valence-corrected chi connectivity index (χ2v) is 8.86. The van der Waals surface area contributed by atoms with Gasteiger partial charge in [-0.2, -0.15) is 0 Å². The van der Waals surface area contributed by atoms with E-state index >= 15 is 0 Å². The largest absolute Gasteiger partial charge is 0.493 e. The summed E-state index contributed by atoms with van der Waals surface area (Å²) in [6, 6.07) is 14.1. The minimum absolute atomic E-state index is 0.164. The summed E-state index contributed by atoms with van der Waals surface area (Å²) >= 11 is 0. The quantitative estimate of drug-likeness (QED) is 0.321. The predicted molar refractivity (Wildman–Crippen MR) is 146 cm³/mol. The number of benzene rings is 2. The van der Waals surface area contributed by atoms with Gasteiger partial charge in [0.2, 0.25) is 0 Å². The van der Waals surface area contributed by atoms with E-state index in [1.165, 1.54) is 33.3 Å². The topological polar surface area (TPSA) is 96.3 Å². The van der Waals surface area contributed by atoms with Crippen molar-refractivity contribution in [1.29, 1.82) is 0 Å². The van der Waals surface area contributed by atoms with Crippen molar-refractivity contribution in [2.24, 2.45) is 0 Å². The van der Waals surface area contributed by atoms with Gasteiger partial charge in [-0.25, -0.2) is 9.59 Å². The van der Waals surface area contributed by atoms with Crippen LogP contribution >= 0.6 is 0 Å². The molecule has 1 aromatic heterocycles. The van der Waals surface area contributed by atoms with Gasteiger partial charge in [0.05, 0.1) is 56.5 Å². The Bertz CT molecular complexity index is 1540. The molecule has 9 nitrogen and oxygen atoms in total. The molecule has 0 N–H and O–H groups in total. The highest BCUT2D eigenvalue weighted by atomic mass is 16.5. The van der Waals surface area contributed by atoms with E-state index in [9.17, 15) is 14.4 Å². The first-order chi connectivity index (χ1) is 18.7. The van der Waals surface area contributed by atoms with Gasteiger partial charge in [0.25, 0.3) is 5.91 Å². The standard InChI is InChI=1S/C30H30N2O7/c1-17-14-20(18(2)31(17)24-11-9-8-10-22(24)29(34)38-6)15-23-27(30(35)39-7)19(3)32(28(23)33)21-12-13-25(36-4)26(16-21)37-5/h8-16H,1-7H3/b23-15-. The van der Waals surface area contributed by atoms with E-state index in [4.69, 9.17) is 18.9 Å². The van der Waals surface area contributed by atoms with Crippen LogP contribution in [0.3, 0.4) is 0 Å². The van der Waals surface area contributed by atoms with Gasteiger partial charge >= 0.3 is 11.9 Å². The van der Waals surface area contributed by atoms with Gasteiger partial charge in [-0.05, 0) is 62.7 Å². The lowest BCUT2D eigenvalue weighted by molar-refractivity contribution is -0.136. The molecule has 1 amide bonds. The molecule has 9 heteroatoms. The Morgan fingerprint density at radius 1 is 0.821 bits per heavy atom. The van der Waals surface area contributed by atoms with Crippen molar-refractivity contribution >= 4 is 29.6 Å². The van der Waals surface area contributed by atoms with Crippen LogP contribution in [0, 0.1) is 13.8 Å². The lowest BCUT2D eigenvalue weighted by Crippen LogP contribution is -2.24. The van der Waals surface area contributed by atoms with Gasteiger partial charge in [0.15, 0.2) is 11.5 Å². The molecular weight excluding hydrogens is 500 g/mol. The van der Waals surface area contributed by atoms with Crippen LogP contribution in [-0.4, -0.2) is 50.9 Å². The summed E-state index contributed by atoms with van der Waals surface area (Å²) in [7, 11) is 5.65. The van der Waals surface area contributed by atoms with Crippen molar-refractivity contribution in [3.8, 4) is 17.2 Å². The number of anilines is 1. The van der Waals surface area contributed by atoms with Crippen molar-refractivity contribution < 1.29 is 33.3 Å². The van der Waals surface area contributed by atoms with Crippen LogP contribution in [-0.2, 0) is 19.1 Å². The number of carbonyl (C=O) groups is 3. The Hall–Kier alpha value is -4.79. The summed E-state index contributed by atoms with van der Waals surface area (Å²) in [5.41, 5.74) is 4.66. The maximum absolute atomic E-state index is 13.8. The lowest BCUT2D eigenvalue weighted by atomic mass is 10.0. The number of nitrogens with zero attached hydrogens (tertiary/aromatic N) is 2. The van der Waals surface area contributed by atoms with Crippen LogP contribution in [0.15, 0.2) is 65.4 Å². The number of ether oxygens (including phenoxy) is 4. The van der Waals surface area contributed by atoms with Crippen molar-refractivity contribution in [2.75, 3.05) is 33.3 Å². The average molecular weight is 531 g/mol. The monoisotopic (exact) mass is 530 g/mol. The highest BCUT2D eigenvalue weighted by Gasteiger charge is 2.38. The maximum Gasteiger partial charge on any atom is 0.340 e. The van der Waals surface area contributed by atoms with E-state index < -0.39 is 11.9 Å². The van der Waals surface area contributed by atoms with Crippen LogP contribution in [0.1, 0.15) is 34.2 Å². The number of rotatable bonds is 7. The van der Waals surface area contributed by atoms with E-state index in [2.05, 4.69) is 0 Å². The summed E-state index contributed by atoms with van der Waals surface area (Å²) in [4.78, 5) is 40.6. The van der Waals surface area contributed by atoms with E-state index in [1.807, 2.05) is 36.6 Å². The molecule has 39 heavy (non-hydrogen) atoms. The number of aromatic nitrogens is 1. The fourth-order valence-corrected chi connectivity index (χ4v) is 4.87. The third-order valence-corrected chi connectivity index (χ3v) is 6.74. The SMILES string of the molecule is COC(=O)C1=C(C)N(c2ccc(OC)c(OC)c2)C(=O)/C1=C\c1cc(C)n(-c2ccccc2C(=O)OC)c1C. The molecule has 2 heterocycles. The van der Waals surface area contributed by atoms with Crippen LogP contribution in [0.2, 0.25) is 0 Å². The third kappa shape index (κ3) is 4.67. The molecule has 0 saturated heterocycles. The zero-order valence-electron chi connectivity index (χ0n) is 22.9. The molecule has 2 aromatic carbocycles. The number of carbonyl (C=O) groups excluding carboxylic acids is 3. The molecule has 0 radical (unpaired) electrons. The highest BCUT2D eigenvalue weighted by molar-refractivity contribution is 6.24. The molecule has 0 atom stereocenters. The molecule has 3 aromatic rings. The van der Waals surface area contributed by atoms with Crippen LogP contribution in [0.4, 0.5) is 5.69 Å². The molecule has 1 aliphatic rings. The molecule has 0 spiro atoms. The summed E-state index contributed by atoms with van der Waals surface area (Å²) in [5, 5.41) is 0. The number of hydrogen-bond acceptors (Lipinski definition) is 7. The molecule has 0 unspecified atom stereocenters. The Morgan fingerprint density at radius 2 is 1.49 bits per heavy atom. The normalized spacial score (nSPS) is 14.2. The first-order valence-corrected chi connectivity index (χ1v) is 12.1. The van der Waals surface area contributed by atoms with Gasteiger partial charge < -0.3 is 23.5 Å². The lowest BCUT2D eigenvalue weighted by Gasteiger charge is -2.19. The Morgan fingerprint density at radius 3 is 2.13 bits per heavy atom. The molecule has 4 rings (SSSR count). The molecule has 0 aliphatic carbocycles. The van der Waals surface area contributed by atoms with Gasteiger partial charge in [0, 0.05) is 23.2 Å². The Labute approximate surface area is 226 Å². The number of amides is 1. The number of hydrogen-bond donors (Lipinski definition) is 0. The zero-order valence-corrected chi connectivity index (χ0v) is 22.9. The number of esters is 2. The molecule has 202 valence electrons. The van der Waals surface area contributed by atoms with Gasteiger partial charge in [-0.1, -0.05) is 12.1 Å². The second-order valence-electron chi connectivity index (χ2n) is 8.86. The second kappa shape index (κ2) is 10.9. The summed E-state index contributed by atoms with van der Waals surface area (Å²) in [6.07, 6.45) is 1.68. The molecule has 0 fully saturated rings. The first kappa shape index (κ1) is 27.3. The van der Waals surface area contributed by atoms with Gasteiger partial charge in [0.1, 0.15) is 0 Å². The third-order valence-electron chi connectivity index (χ3n) is 6.74. The number of aryl methyl sites for hydroxylation is 1. The smallest absolute Gasteiger partial charge is 0.340 e. The number of allylic oxidation sites excluding steroid dienone is 1. The minimum atomic E-state index is -0.625. The molecular formula is C30H30N2O7. The zero-order chi connectivity index (χ0) is 28.4. The van der Waals surface area contributed by atoms with Crippen molar-refractivity contribution in [1.82, 2.24) is 4.57 Å². The fraction of sp³-hybridized carbons (Fsp3) is 0.233. The highest BCUT2D eigenvalue weighted by Crippen LogP contribution is 2.39. The Kier molecular flexibility index (Phi) is 7.62. The summed E-state index contributed by atoms with van der Waals surface area (Å²) in [6.45, 7) is 5.47. The van der Waals surface area contributed by atoms with E-state index in [0.717, 1.165) is 11.4 Å². The van der Waals surface area contributed by atoms with Gasteiger partial charge in [-0.3, -0.25) is 9.69 Å². The minimum Gasteiger partial charge on any atom is -0.493 e. The summed E-state index contributed by atoms with van der Waals surface area (Å²) < 4.78 is 22.7. The predicted octanol–water partition coefficient (Wildman–Crippen LogP) is 4.78. The van der Waals surface area contributed by atoms with Crippen molar-refractivity contribution in [3.05, 3.63) is 87.9 Å². The summed E-state index contributed by atoms with van der Waals surface area (Å²) in [5.74, 6) is -0.514. The molecule has 0 saturated carbocycles. The average Bonchev–Trinajstić information content (AvgIpc) is 3.37. The molecule has 1 aliphatic heterocycles. The number of para-hydroxylation sites is 1. The van der Waals surface area contributed by atoms with Crippen molar-refractivity contribution in [3.63, 3.8) is 0 Å². The van der Waals surface area contributed by atoms with E-state index in [1.54, 1.807) is 43.3 Å². The van der Waals surface area contributed by atoms with Crippen LogP contribution in [0.5, 0.6) is 11.5 Å². The van der Waals surface area contributed by atoms with Crippen molar-refractivity contribution in [2.45, 2.75) is 20.8 Å². The van der Waals surface area contributed by atoms with E-state index in [0.29, 0.717) is 39.7 Å². The van der Waals surface area contributed by atoms with Gasteiger partial charge in [-0.15, -0.1) is 0 Å². The van der Waals surface area contributed by atoms with Crippen LogP contribution in [0.25, 0.3) is 11.8 Å². The Balaban J connectivity index is 1.86. The van der Waals surface area contributed by atoms with E-state index in [-0.39, 0.29) is 17.1 Å². The van der Waals surface area contributed by atoms with Crippen LogP contribution < -0.4 is 14.4 Å². The maximum atomic E-state index is 13.8. The fourth-order valence-electron chi connectivity index (χ4n) is 4.87. The first-order valence-electron chi connectivity index (χ1n) is 12.1.